The Morgan fingerprint density at radius 1 is 1.19 bits per heavy atom. The van der Waals surface area contributed by atoms with Gasteiger partial charge in [-0.05, 0) is 42.8 Å². The lowest BCUT2D eigenvalue weighted by atomic mass is 10.1. The summed E-state index contributed by atoms with van der Waals surface area (Å²) in [7, 11) is -1.88. The molecule has 0 amide bonds. The van der Waals surface area contributed by atoms with Crippen molar-refractivity contribution >= 4 is 19.2 Å². The highest BCUT2D eigenvalue weighted by Crippen LogP contribution is 2.37. The topological polar surface area (TPSA) is 42.1 Å². The van der Waals surface area contributed by atoms with Gasteiger partial charge in [-0.15, -0.1) is 0 Å². The first kappa shape index (κ1) is 15.8. The van der Waals surface area contributed by atoms with Crippen molar-refractivity contribution in [2.75, 3.05) is 0 Å². The van der Waals surface area contributed by atoms with E-state index in [1.54, 1.807) is 6.07 Å². The average molecular weight is 303 g/mol. The van der Waals surface area contributed by atoms with Crippen molar-refractivity contribution in [2.24, 2.45) is 0 Å². The second kappa shape index (κ2) is 5.33. The maximum Gasteiger partial charge on any atom is 0.250 e. The van der Waals surface area contributed by atoms with Crippen molar-refractivity contribution in [3.8, 4) is 5.75 Å². The summed E-state index contributed by atoms with van der Waals surface area (Å²) in [5.41, 5.74) is 1.90. The van der Waals surface area contributed by atoms with Crippen LogP contribution in [0, 0.1) is 0 Å². The fourth-order valence-corrected chi connectivity index (χ4v) is 3.01. The van der Waals surface area contributed by atoms with E-state index in [1.807, 2.05) is 25.1 Å². The van der Waals surface area contributed by atoms with E-state index in [2.05, 4.69) is 38.8 Å². The highest BCUT2D eigenvalue weighted by atomic mass is 28.4. The van der Waals surface area contributed by atoms with Gasteiger partial charge in [-0.1, -0.05) is 27.7 Å². The Hall–Kier alpha value is -1.55. The Balaban J connectivity index is 2.45. The van der Waals surface area contributed by atoms with Crippen LogP contribution in [0.5, 0.6) is 5.75 Å². The molecule has 1 heterocycles. The summed E-state index contributed by atoms with van der Waals surface area (Å²) in [6.07, 6.45) is 0.827. The Labute approximate surface area is 127 Å². The van der Waals surface area contributed by atoms with Gasteiger partial charge in [0, 0.05) is 22.7 Å². The fourth-order valence-electron chi connectivity index (χ4n) is 1.98. The smallest absolute Gasteiger partial charge is 0.250 e. The summed E-state index contributed by atoms with van der Waals surface area (Å²) in [6.45, 7) is 13.1. The molecule has 1 N–H and O–H groups in total. The van der Waals surface area contributed by atoms with Crippen LogP contribution < -0.4 is 9.85 Å². The zero-order chi connectivity index (χ0) is 15.8. The third-order valence-corrected chi connectivity index (χ3v) is 8.78. The van der Waals surface area contributed by atoms with Gasteiger partial charge in [-0.25, -0.2) is 0 Å². The van der Waals surface area contributed by atoms with Crippen molar-refractivity contribution in [3.63, 3.8) is 0 Å². The van der Waals surface area contributed by atoms with Crippen LogP contribution in [-0.4, -0.2) is 13.3 Å². The molecule has 0 bridgehead atoms. The van der Waals surface area contributed by atoms with Crippen molar-refractivity contribution in [1.82, 2.24) is 4.98 Å². The summed E-state index contributed by atoms with van der Waals surface area (Å²) in [5, 5.41) is 0.837. The van der Waals surface area contributed by atoms with Crippen molar-refractivity contribution in [3.05, 3.63) is 40.2 Å². The molecule has 2 rings (SSSR count). The maximum atomic E-state index is 12.2. The van der Waals surface area contributed by atoms with Gasteiger partial charge < -0.3 is 9.41 Å². The second-order valence-corrected chi connectivity index (χ2v) is 11.8. The van der Waals surface area contributed by atoms with Crippen LogP contribution in [0.3, 0.4) is 0 Å². The first-order valence-electron chi connectivity index (χ1n) is 7.49. The number of rotatable bonds is 3. The standard InChI is InChI=1S/C17H25NO2Si/c1-7-12-10-16(19)14-11-13(8-9-15(14)18-12)20-21(5,6)17(2,3)4/h8-11H,7H2,1-6H3,(H,18,19). The third kappa shape index (κ3) is 3.21. The predicted octanol–water partition coefficient (Wildman–Crippen LogP) is 4.47. The number of hydrogen-bond donors (Lipinski definition) is 1. The minimum absolute atomic E-state index is 0.0567. The minimum atomic E-state index is -1.88. The summed E-state index contributed by atoms with van der Waals surface area (Å²) in [6, 6.07) is 7.45. The number of H-pyrrole nitrogens is 1. The molecule has 1 aromatic carbocycles. The molecule has 4 heteroatoms. The first-order chi connectivity index (χ1) is 9.64. The second-order valence-electron chi connectivity index (χ2n) is 7.08. The summed E-state index contributed by atoms with van der Waals surface area (Å²) < 4.78 is 6.27. The molecule has 0 unspecified atom stereocenters. The Morgan fingerprint density at radius 3 is 2.43 bits per heavy atom. The average Bonchev–Trinajstić information content (AvgIpc) is 2.37. The molecule has 114 valence electrons. The number of aromatic amines is 1. The molecule has 2 aromatic rings. The van der Waals surface area contributed by atoms with Gasteiger partial charge in [-0.2, -0.15) is 0 Å². The van der Waals surface area contributed by atoms with E-state index >= 15 is 0 Å². The molecule has 3 nitrogen and oxygen atoms in total. The molecule has 0 saturated heterocycles. The van der Waals surface area contributed by atoms with E-state index in [4.69, 9.17) is 4.43 Å². The molecule has 1 aromatic heterocycles. The van der Waals surface area contributed by atoms with Crippen LogP contribution in [0.15, 0.2) is 29.1 Å². The van der Waals surface area contributed by atoms with Crippen LogP contribution in [0.1, 0.15) is 33.4 Å². The SMILES string of the molecule is CCc1cc(=O)c2cc(O[Si](C)(C)C(C)(C)C)ccc2[nH]1. The van der Waals surface area contributed by atoms with E-state index in [0.29, 0.717) is 5.39 Å². The molecule has 0 fully saturated rings. The Morgan fingerprint density at radius 2 is 1.86 bits per heavy atom. The minimum Gasteiger partial charge on any atom is -0.543 e. The number of pyridine rings is 1. The highest BCUT2D eigenvalue weighted by molar-refractivity contribution is 6.74. The van der Waals surface area contributed by atoms with Crippen molar-refractivity contribution < 1.29 is 4.43 Å². The number of nitrogens with one attached hydrogen (secondary N) is 1. The molecular formula is C17H25NO2Si. The van der Waals surface area contributed by atoms with Gasteiger partial charge in [-0.3, -0.25) is 4.79 Å². The van der Waals surface area contributed by atoms with E-state index in [9.17, 15) is 4.79 Å². The van der Waals surface area contributed by atoms with Crippen LogP contribution in [0.2, 0.25) is 18.1 Å². The zero-order valence-corrected chi connectivity index (χ0v) is 14.8. The van der Waals surface area contributed by atoms with Gasteiger partial charge in [0.15, 0.2) is 5.43 Å². The summed E-state index contributed by atoms with van der Waals surface area (Å²) in [4.78, 5) is 15.5. The van der Waals surface area contributed by atoms with Crippen molar-refractivity contribution in [1.29, 1.82) is 0 Å². The van der Waals surface area contributed by atoms with Gasteiger partial charge in [0.25, 0.3) is 0 Å². The lowest BCUT2D eigenvalue weighted by Crippen LogP contribution is -2.43. The van der Waals surface area contributed by atoms with E-state index in [0.717, 1.165) is 23.4 Å². The molecule has 0 spiro atoms. The zero-order valence-electron chi connectivity index (χ0n) is 13.8. The molecule has 0 atom stereocenters. The number of aryl methyl sites for hydroxylation is 1. The quantitative estimate of drug-likeness (QED) is 0.850. The van der Waals surface area contributed by atoms with E-state index < -0.39 is 8.32 Å². The van der Waals surface area contributed by atoms with Crippen LogP contribution >= 0.6 is 0 Å². The highest BCUT2D eigenvalue weighted by Gasteiger charge is 2.38. The molecular weight excluding hydrogens is 278 g/mol. The molecule has 0 aliphatic carbocycles. The lowest BCUT2D eigenvalue weighted by Gasteiger charge is -2.36. The van der Waals surface area contributed by atoms with Gasteiger partial charge in [0.1, 0.15) is 5.75 Å². The van der Waals surface area contributed by atoms with Crippen LogP contribution in [0.4, 0.5) is 0 Å². The van der Waals surface area contributed by atoms with Crippen LogP contribution in [0.25, 0.3) is 10.9 Å². The maximum absolute atomic E-state index is 12.2. The van der Waals surface area contributed by atoms with Gasteiger partial charge in [0.05, 0.1) is 0 Å². The Bertz CT molecular complexity index is 711. The molecule has 0 radical (unpaired) electrons. The fraction of sp³-hybridized carbons (Fsp3) is 0.471. The monoisotopic (exact) mass is 303 g/mol. The Kier molecular flexibility index (Phi) is 4.02. The number of benzene rings is 1. The van der Waals surface area contributed by atoms with E-state index in [1.165, 1.54) is 0 Å². The molecule has 0 aliphatic heterocycles. The number of aromatic nitrogens is 1. The normalized spacial score (nSPS) is 12.7. The largest absolute Gasteiger partial charge is 0.543 e. The number of fused-ring (bicyclic) bond motifs is 1. The third-order valence-electron chi connectivity index (χ3n) is 4.42. The summed E-state index contributed by atoms with van der Waals surface area (Å²) >= 11 is 0. The lowest BCUT2D eigenvalue weighted by molar-refractivity contribution is 0.493. The van der Waals surface area contributed by atoms with Crippen molar-refractivity contribution in [2.45, 2.75) is 52.2 Å². The van der Waals surface area contributed by atoms with Gasteiger partial charge >= 0.3 is 0 Å². The first-order valence-corrected chi connectivity index (χ1v) is 10.4. The van der Waals surface area contributed by atoms with E-state index in [-0.39, 0.29) is 10.5 Å². The summed E-state index contributed by atoms with van der Waals surface area (Å²) in [5.74, 6) is 0.795. The number of hydrogen-bond acceptors (Lipinski definition) is 2. The van der Waals surface area contributed by atoms with Gasteiger partial charge in [0.2, 0.25) is 8.32 Å². The molecule has 0 aliphatic rings. The molecule has 0 saturated carbocycles. The van der Waals surface area contributed by atoms with Crippen LogP contribution in [-0.2, 0) is 6.42 Å². The predicted molar refractivity (Wildman–Crippen MR) is 91.8 cm³/mol. The molecule has 21 heavy (non-hydrogen) atoms.